The summed E-state index contributed by atoms with van der Waals surface area (Å²) in [6.07, 6.45) is 3.56. The SMILES string of the molecule is COCC(C)C(=O)OC12CC3CC(O)(CC(O)(C3)C1)C2. The highest BCUT2D eigenvalue weighted by Crippen LogP contribution is 2.60. The summed E-state index contributed by atoms with van der Waals surface area (Å²) in [4.78, 5) is 12.2. The van der Waals surface area contributed by atoms with Gasteiger partial charge in [0.2, 0.25) is 0 Å². The second kappa shape index (κ2) is 4.42. The molecule has 4 rings (SSSR count). The van der Waals surface area contributed by atoms with Crippen LogP contribution in [0, 0.1) is 11.8 Å². The number of carbonyl (C=O) groups excluding carboxylic acids is 1. The Morgan fingerprint density at radius 3 is 2.30 bits per heavy atom. The molecule has 20 heavy (non-hydrogen) atoms. The number of rotatable bonds is 4. The lowest BCUT2D eigenvalue weighted by Gasteiger charge is -2.62. The lowest BCUT2D eigenvalue weighted by molar-refractivity contribution is -0.262. The molecule has 4 bridgehead atoms. The summed E-state index contributed by atoms with van der Waals surface area (Å²) in [6, 6.07) is 0. The van der Waals surface area contributed by atoms with Gasteiger partial charge in [-0.3, -0.25) is 4.79 Å². The van der Waals surface area contributed by atoms with Crippen molar-refractivity contribution in [3.8, 4) is 0 Å². The third-order valence-electron chi connectivity index (χ3n) is 5.09. The first-order chi connectivity index (χ1) is 9.27. The van der Waals surface area contributed by atoms with E-state index in [1.807, 2.05) is 0 Å². The Labute approximate surface area is 119 Å². The van der Waals surface area contributed by atoms with Crippen LogP contribution in [0.1, 0.15) is 45.4 Å². The summed E-state index contributed by atoms with van der Waals surface area (Å²) in [5, 5.41) is 21.2. The highest BCUT2D eigenvalue weighted by molar-refractivity contribution is 5.72. The van der Waals surface area contributed by atoms with Gasteiger partial charge >= 0.3 is 5.97 Å². The first kappa shape index (κ1) is 14.3. The summed E-state index contributed by atoms with van der Waals surface area (Å²) in [5.74, 6) is -0.356. The molecule has 4 aliphatic carbocycles. The third kappa shape index (κ3) is 2.36. The van der Waals surface area contributed by atoms with E-state index in [1.165, 1.54) is 0 Å². The van der Waals surface area contributed by atoms with E-state index in [9.17, 15) is 15.0 Å². The Morgan fingerprint density at radius 1 is 1.20 bits per heavy atom. The van der Waals surface area contributed by atoms with Crippen LogP contribution < -0.4 is 0 Å². The maximum atomic E-state index is 12.2. The zero-order chi connectivity index (χ0) is 14.6. The van der Waals surface area contributed by atoms with E-state index in [4.69, 9.17) is 9.47 Å². The molecule has 0 aromatic rings. The van der Waals surface area contributed by atoms with Crippen LogP contribution >= 0.6 is 0 Å². The Bertz CT molecular complexity index is 402. The fraction of sp³-hybridized carbons (Fsp3) is 0.933. The van der Waals surface area contributed by atoms with Crippen LogP contribution in [0.25, 0.3) is 0 Å². The predicted octanol–water partition coefficient (Wildman–Crippen LogP) is 1.01. The van der Waals surface area contributed by atoms with Crippen molar-refractivity contribution in [3.05, 3.63) is 0 Å². The quantitative estimate of drug-likeness (QED) is 0.754. The van der Waals surface area contributed by atoms with Gasteiger partial charge in [0.1, 0.15) is 5.60 Å². The molecule has 0 radical (unpaired) electrons. The van der Waals surface area contributed by atoms with Gasteiger partial charge in [-0.2, -0.15) is 0 Å². The monoisotopic (exact) mass is 284 g/mol. The van der Waals surface area contributed by atoms with Crippen LogP contribution in [-0.2, 0) is 14.3 Å². The molecule has 4 saturated carbocycles. The number of aliphatic hydroxyl groups is 2. The smallest absolute Gasteiger partial charge is 0.311 e. The molecule has 0 spiro atoms. The molecule has 5 nitrogen and oxygen atoms in total. The molecule has 5 heteroatoms. The maximum Gasteiger partial charge on any atom is 0.311 e. The minimum atomic E-state index is -0.862. The molecule has 0 heterocycles. The van der Waals surface area contributed by atoms with E-state index >= 15 is 0 Å². The van der Waals surface area contributed by atoms with Gasteiger partial charge in [-0.25, -0.2) is 0 Å². The van der Waals surface area contributed by atoms with Gasteiger partial charge in [0, 0.05) is 26.4 Å². The minimum Gasteiger partial charge on any atom is -0.459 e. The molecule has 0 aromatic carbocycles. The molecule has 3 unspecified atom stereocenters. The number of methoxy groups -OCH3 is 1. The molecule has 0 aromatic heterocycles. The minimum absolute atomic E-state index is 0.256. The zero-order valence-corrected chi connectivity index (χ0v) is 12.2. The molecule has 4 aliphatic rings. The fourth-order valence-electron chi connectivity index (χ4n) is 5.00. The Kier molecular flexibility index (Phi) is 3.16. The topological polar surface area (TPSA) is 76.0 Å². The number of ether oxygens (including phenoxy) is 2. The van der Waals surface area contributed by atoms with Crippen LogP contribution in [0.2, 0.25) is 0 Å². The molecule has 0 aliphatic heterocycles. The summed E-state index contributed by atoms with van der Waals surface area (Å²) in [7, 11) is 1.56. The van der Waals surface area contributed by atoms with Gasteiger partial charge in [0.25, 0.3) is 0 Å². The lowest BCUT2D eigenvalue weighted by Crippen LogP contribution is -2.67. The normalized spacial score (nSPS) is 47.3. The van der Waals surface area contributed by atoms with Gasteiger partial charge in [0.05, 0.1) is 23.7 Å². The maximum absolute atomic E-state index is 12.2. The van der Waals surface area contributed by atoms with Crippen molar-refractivity contribution >= 4 is 5.97 Å². The molecular formula is C15H24O5. The van der Waals surface area contributed by atoms with E-state index in [0.29, 0.717) is 25.9 Å². The van der Waals surface area contributed by atoms with Gasteiger partial charge < -0.3 is 19.7 Å². The standard InChI is InChI=1S/C15H24O5/c1-10(6-19-2)12(16)20-15-5-11-3-13(17,8-15)7-14(18,4-11)9-15/h10-11,17-18H,3-9H2,1-2H3. The van der Waals surface area contributed by atoms with Crippen LogP contribution in [0.4, 0.5) is 0 Å². The summed E-state index contributed by atoms with van der Waals surface area (Å²) in [6.45, 7) is 2.10. The second-order valence-corrected chi connectivity index (χ2v) is 7.42. The number of carbonyl (C=O) groups is 1. The van der Waals surface area contributed by atoms with Crippen molar-refractivity contribution in [2.75, 3.05) is 13.7 Å². The van der Waals surface area contributed by atoms with E-state index in [1.54, 1.807) is 14.0 Å². The Morgan fingerprint density at radius 2 is 1.80 bits per heavy atom. The van der Waals surface area contributed by atoms with Gasteiger partial charge in [0.15, 0.2) is 0 Å². The second-order valence-electron chi connectivity index (χ2n) is 7.42. The van der Waals surface area contributed by atoms with Crippen LogP contribution in [0.5, 0.6) is 0 Å². The molecule has 0 saturated heterocycles. The van der Waals surface area contributed by atoms with Crippen molar-refractivity contribution in [2.45, 2.75) is 62.3 Å². The molecular weight excluding hydrogens is 260 g/mol. The first-order valence-corrected chi connectivity index (χ1v) is 7.44. The molecule has 4 fully saturated rings. The van der Waals surface area contributed by atoms with Crippen molar-refractivity contribution in [1.82, 2.24) is 0 Å². The molecule has 2 N–H and O–H groups in total. The molecule has 3 atom stereocenters. The molecule has 114 valence electrons. The van der Waals surface area contributed by atoms with Crippen molar-refractivity contribution in [2.24, 2.45) is 11.8 Å². The third-order valence-corrected chi connectivity index (χ3v) is 5.09. The van der Waals surface area contributed by atoms with Gasteiger partial charge in [-0.05, 0) is 32.1 Å². The van der Waals surface area contributed by atoms with E-state index < -0.39 is 16.8 Å². The summed E-state index contributed by atoms with van der Waals surface area (Å²) >= 11 is 0. The van der Waals surface area contributed by atoms with Gasteiger partial charge in [-0.15, -0.1) is 0 Å². The highest BCUT2D eigenvalue weighted by atomic mass is 16.6. The number of esters is 1. The average molecular weight is 284 g/mol. The highest BCUT2D eigenvalue weighted by Gasteiger charge is 2.64. The predicted molar refractivity (Wildman–Crippen MR) is 71.0 cm³/mol. The molecule has 0 amide bonds. The van der Waals surface area contributed by atoms with Crippen molar-refractivity contribution in [3.63, 3.8) is 0 Å². The summed E-state index contributed by atoms with van der Waals surface area (Å²) in [5.41, 5.74) is -2.40. The Hall–Kier alpha value is -0.650. The van der Waals surface area contributed by atoms with Crippen LogP contribution in [0.15, 0.2) is 0 Å². The first-order valence-electron chi connectivity index (χ1n) is 7.44. The van der Waals surface area contributed by atoms with E-state index in [2.05, 4.69) is 0 Å². The van der Waals surface area contributed by atoms with Crippen molar-refractivity contribution in [1.29, 1.82) is 0 Å². The fourth-order valence-corrected chi connectivity index (χ4v) is 5.00. The van der Waals surface area contributed by atoms with Crippen LogP contribution in [0.3, 0.4) is 0 Å². The number of hydrogen-bond acceptors (Lipinski definition) is 5. The number of hydrogen-bond donors (Lipinski definition) is 2. The summed E-state index contributed by atoms with van der Waals surface area (Å²) < 4.78 is 10.7. The Balaban J connectivity index is 1.77. The largest absolute Gasteiger partial charge is 0.459 e. The zero-order valence-electron chi connectivity index (χ0n) is 12.2. The van der Waals surface area contributed by atoms with E-state index in [-0.39, 0.29) is 17.8 Å². The lowest BCUT2D eigenvalue weighted by atomic mass is 9.50. The van der Waals surface area contributed by atoms with Crippen LogP contribution in [-0.4, -0.2) is 46.7 Å². The van der Waals surface area contributed by atoms with Crippen molar-refractivity contribution < 1.29 is 24.5 Å². The van der Waals surface area contributed by atoms with E-state index in [0.717, 1.165) is 19.3 Å². The van der Waals surface area contributed by atoms with Gasteiger partial charge in [-0.1, -0.05) is 0 Å². The average Bonchev–Trinajstić information content (AvgIpc) is 2.23.